The minimum absolute atomic E-state index is 0.453. The fourth-order valence-corrected chi connectivity index (χ4v) is 4.17. The second-order valence-electron chi connectivity index (χ2n) is 10.5. The van der Waals surface area contributed by atoms with Crippen molar-refractivity contribution in [3.8, 4) is 0 Å². The van der Waals surface area contributed by atoms with E-state index in [0.717, 1.165) is 35.9 Å². The molecule has 33 heavy (non-hydrogen) atoms. The Morgan fingerprint density at radius 3 is 1.09 bits per heavy atom. The van der Waals surface area contributed by atoms with E-state index < -0.39 is 0 Å². The zero-order chi connectivity index (χ0) is 24.7. The first-order chi connectivity index (χ1) is 15.5. The van der Waals surface area contributed by atoms with Gasteiger partial charge in [0, 0.05) is 24.5 Å². The second kappa shape index (κ2) is 12.3. The van der Waals surface area contributed by atoms with E-state index in [1.54, 1.807) is 0 Å². The number of para-hydroxylation sites is 2. The molecule has 0 aromatic heterocycles. The number of aliphatic imine (C=N–C) groups is 2. The molecular weight excluding hydrogens is 402 g/mol. The number of hydrogen-bond donors (Lipinski definition) is 1. The van der Waals surface area contributed by atoms with Gasteiger partial charge in [-0.25, -0.2) is 0 Å². The fourth-order valence-electron chi connectivity index (χ4n) is 4.17. The monoisotopic (exact) mass is 447 g/mol. The van der Waals surface area contributed by atoms with Crippen molar-refractivity contribution < 1.29 is 0 Å². The Morgan fingerprint density at radius 2 is 0.848 bits per heavy atom. The fraction of sp³-hybridized carbons (Fsp3) is 0.533. The van der Waals surface area contributed by atoms with Crippen LogP contribution in [0.4, 0.5) is 11.4 Å². The molecule has 2 rings (SSSR count). The van der Waals surface area contributed by atoms with Crippen molar-refractivity contribution in [3.63, 3.8) is 0 Å². The van der Waals surface area contributed by atoms with Crippen molar-refractivity contribution in [2.24, 2.45) is 9.98 Å². The summed E-state index contributed by atoms with van der Waals surface area (Å²) in [5.41, 5.74) is 9.80. The molecule has 0 radical (unpaired) electrons. The lowest BCUT2D eigenvalue weighted by Crippen LogP contribution is -2.26. The Morgan fingerprint density at radius 1 is 0.576 bits per heavy atom. The third-order valence-electron chi connectivity index (χ3n) is 6.05. The Labute approximate surface area is 202 Å². The van der Waals surface area contributed by atoms with Crippen LogP contribution in [-0.2, 0) is 0 Å². The van der Waals surface area contributed by atoms with Gasteiger partial charge in [0.2, 0.25) is 0 Å². The molecule has 180 valence electrons. The predicted molar refractivity (Wildman–Crippen MR) is 148 cm³/mol. The van der Waals surface area contributed by atoms with Crippen LogP contribution in [-0.4, -0.2) is 24.5 Å². The Bertz CT molecular complexity index is 846. The van der Waals surface area contributed by atoms with Crippen molar-refractivity contribution in [2.75, 3.05) is 13.1 Å². The van der Waals surface area contributed by atoms with Crippen LogP contribution in [0.2, 0.25) is 0 Å². The topological polar surface area (TPSA) is 36.8 Å². The van der Waals surface area contributed by atoms with Gasteiger partial charge < -0.3 is 5.32 Å². The molecule has 3 heteroatoms. The van der Waals surface area contributed by atoms with E-state index in [9.17, 15) is 0 Å². The van der Waals surface area contributed by atoms with Gasteiger partial charge in [-0.1, -0.05) is 91.8 Å². The average molecular weight is 448 g/mol. The van der Waals surface area contributed by atoms with Crippen molar-refractivity contribution in [3.05, 3.63) is 58.7 Å². The Hall–Kier alpha value is -2.26. The molecule has 0 saturated heterocycles. The molecule has 2 aromatic carbocycles. The molecule has 0 amide bonds. The van der Waals surface area contributed by atoms with Gasteiger partial charge >= 0.3 is 0 Å². The highest BCUT2D eigenvalue weighted by molar-refractivity contribution is 5.90. The van der Waals surface area contributed by atoms with E-state index in [-0.39, 0.29) is 0 Å². The van der Waals surface area contributed by atoms with Crippen LogP contribution in [0, 0.1) is 0 Å². The summed E-state index contributed by atoms with van der Waals surface area (Å²) in [6.45, 7) is 23.7. The third-order valence-corrected chi connectivity index (χ3v) is 6.05. The first-order valence-electron chi connectivity index (χ1n) is 12.6. The van der Waals surface area contributed by atoms with Crippen molar-refractivity contribution in [2.45, 2.75) is 92.9 Å². The highest BCUT2D eigenvalue weighted by atomic mass is 14.9. The summed E-state index contributed by atoms with van der Waals surface area (Å²) in [6.07, 6.45) is 0. The molecule has 0 aliphatic carbocycles. The van der Waals surface area contributed by atoms with Gasteiger partial charge in [-0.3, -0.25) is 9.98 Å². The number of nitrogens with one attached hydrogen (secondary N) is 1. The van der Waals surface area contributed by atoms with Crippen LogP contribution >= 0.6 is 0 Å². The lowest BCUT2D eigenvalue weighted by molar-refractivity contribution is 0.831. The smallest absolute Gasteiger partial charge is 0.0698 e. The zero-order valence-electron chi connectivity index (χ0n) is 22.6. The van der Waals surface area contributed by atoms with E-state index >= 15 is 0 Å². The SMILES string of the molecule is CC(CNCC(C)=Nc1c(C(C)C)cccc1C(C)C)=Nc1c(C(C)C)cccc1C(C)C. The van der Waals surface area contributed by atoms with Gasteiger partial charge in [-0.05, 0) is 59.8 Å². The third kappa shape index (κ3) is 7.37. The minimum Gasteiger partial charge on any atom is -0.306 e. The van der Waals surface area contributed by atoms with E-state index in [1.165, 1.54) is 22.3 Å². The van der Waals surface area contributed by atoms with Crippen LogP contribution in [0.25, 0.3) is 0 Å². The summed E-state index contributed by atoms with van der Waals surface area (Å²) >= 11 is 0. The quantitative estimate of drug-likeness (QED) is 0.363. The standard InChI is InChI=1S/C30H45N3/c1-19(2)25-13-11-14-26(20(3)4)29(25)32-23(9)17-31-18-24(10)33-30-27(21(5)6)15-12-16-28(30)22(7)8/h11-16,19-22,31H,17-18H2,1-10H3. The molecule has 0 bridgehead atoms. The molecule has 3 nitrogen and oxygen atoms in total. The Balaban J connectivity index is 2.19. The summed E-state index contributed by atoms with van der Waals surface area (Å²) in [5, 5.41) is 3.56. The molecule has 0 fully saturated rings. The summed E-state index contributed by atoms with van der Waals surface area (Å²) in [4.78, 5) is 10.1. The van der Waals surface area contributed by atoms with Crippen LogP contribution < -0.4 is 5.32 Å². The molecule has 1 N–H and O–H groups in total. The van der Waals surface area contributed by atoms with Crippen LogP contribution in [0.3, 0.4) is 0 Å². The van der Waals surface area contributed by atoms with Gasteiger partial charge in [0.25, 0.3) is 0 Å². The van der Waals surface area contributed by atoms with Gasteiger partial charge in [-0.15, -0.1) is 0 Å². The first kappa shape index (κ1) is 27.0. The molecule has 0 atom stereocenters. The van der Waals surface area contributed by atoms with Gasteiger partial charge in [0.1, 0.15) is 0 Å². The van der Waals surface area contributed by atoms with E-state index in [0.29, 0.717) is 23.7 Å². The maximum Gasteiger partial charge on any atom is 0.0698 e. The molecule has 2 aromatic rings. The Kier molecular flexibility index (Phi) is 10.0. The molecule has 0 heterocycles. The molecular formula is C30H45N3. The van der Waals surface area contributed by atoms with Gasteiger partial charge in [0.15, 0.2) is 0 Å². The van der Waals surface area contributed by atoms with Gasteiger partial charge in [-0.2, -0.15) is 0 Å². The summed E-state index contributed by atoms with van der Waals surface area (Å²) in [7, 11) is 0. The molecule has 0 aliphatic rings. The molecule has 0 saturated carbocycles. The van der Waals surface area contributed by atoms with E-state index in [2.05, 4.69) is 111 Å². The number of nitrogens with zero attached hydrogens (tertiary/aromatic N) is 2. The highest BCUT2D eigenvalue weighted by Gasteiger charge is 2.14. The first-order valence-corrected chi connectivity index (χ1v) is 12.6. The number of hydrogen-bond acceptors (Lipinski definition) is 3. The van der Waals surface area contributed by atoms with E-state index in [1.807, 2.05) is 0 Å². The summed E-state index contributed by atoms with van der Waals surface area (Å²) < 4.78 is 0. The molecule has 0 spiro atoms. The van der Waals surface area contributed by atoms with Crippen molar-refractivity contribution >= 4 is 22.8 Å². The van der Waals surface area contributed by atoms with Crippen LogP contribution in [0.15, 0.2) is 46.4 Å². The lowest BCUT2D eigenvalue weighted by atomic mass is 9.93. The predicted octanol–water partition coefficient (Wildman–Crippen LogP) is 8.65. The molecule has 0 unspecified atom stereocenters. The second-order valence-corrected chi connectivity index (χ2v) is 10.5. The minimum atomic E-state index is 0.453. The lowest BCUT2D eigenvalue weighted by Gasteiger charge is -2.18. The zero-order valence-corrected chi connectivity index (χ0v) is 22.6. The molecule has 0 aliphatic heterocycles. The maximum absolute atomic E-state index is 5.07. The van der Waals surface area contributed by atoms with Crippen molar-refractivity contribution in [1.29, 1.82) is 0 Å². The summed E-state index contributed by atoms with van der Waals surface area (Å²) in [5.74, 6) is 1.81. The van der Waals surface area contributed by atoms with E-state index in [4.69, 9.17) is 9.98 Å². The van der Waals surface area contributed by atoms with Crippen molar-refractivity contribution in [1.82, 2.24) is 5.32 Å². The summed E-state index contributed by atoms with van der Waals surface area (Å²) in [6, 6.07) is 13.2. The number of rotatable bonds is 10. The normalized spacial score (nSPS) is 13.2. The maximum atomic E-state index is 5.07. The largest absolute Gasteiger partial charge is 0.306 e. The average Bonchev–Trinajstić information content (AvgIpc) is 2.73. The number of benzene rings is 2. The van der Waals surface area contributed by atoms with Gasteiger partial charge in [0.05, 0.1) is 11.4 Å². The highest BCUT2D eigenvalue weighted by Crippen LogP contribution is 2.36. The van der Waals surface area contributed by atoms with Crippen LogP contribution in [0.1, 0.15) is 115 Å². The van der Waals surface area contributed by atoms with Crippen LogP contribution in [0.5, 0.6) is 0 Å².